The average Bonchev–Trinajstić information content (AvgIpc) is 2.30. The van der Waals surface area contributed by atoms with Crippen LogP contribution in [0, 0.1) is 0 Å². The van der Waals surface area contributed by atoms with E-state index in [2.05, 4.69) is 6.92 Å². The zero-order chi connectivity index (χ0) is 12.8. The van der Waals surface area contributed by atoms with Crippen molar-refractivity contribution in [3.05, 3.63) is 29.8 Å². The summed E-state index contributed by atoms with van der Waals surface area (Å²) in [4.78, 5) is 15.4. The third-order valence-electron chi connectivity index (χ3n) is 2.56. The molecule has 1 aromatic rings. The van der Waals surface area contributed by atoms with Crippen molar-refractivity contribution in [2.24, 2.45) is 0 Å². The van der Waals surface area contributed by atoms with Gasteiger partial charge in [0.15, 0.2) is 0 Å². The summed E-state index contributed by atoms with van der Waals surface area (Å²) < 4.78 is 0. The summed E-state index contributed by atoms with van der Waals surface area (Å²) in [7, 11) is 3.53. The number of carbonyl (C=O) groups is 1. The van der Waals surface area contributed by atoms with Crippen molar-refractivity contribution in [2.45, 2.75) is 19.9 Å². The Bertz CT molecular complexity index is 377. The summed E-state index contributed by atoms with van der Waals surface area (Å²) in [5.41, 5.74) is 7.62. The minimum atomic E-state index is 0.0232. The maximum Gasteiger partial charge on any atom is 0.319 e. The number of carbonyl (C=O) groups excluding carboxylic acids is 1. The highest BCUT2D eigenvalue weighted by molar-refractivity contribution is 5.74. The molecule has 2 amide bonds. The summed E-state index contributed by atoms with van der Waals surface area (Å²) in [6, 6.07) is 7.68. The largest absolute Gasteiger partial charge is 0.398 e. The zero-order valence-electron chi connectivity index (χ0n) is 10.8. The van der Waals surface area contributed by atoms with Crippen LogP contribution in [0.4, 0.5) is 10.5 Å². The van der Waals surface area contributed by atoms with Crippen molar-refractivity contribution < 1.29 is 4.79 Å². The quantitative estimate of drug-likeness (QED) is 0.813. The van der Waals surface area contributed by atoms with E-state index in [0.717, 1.165) is 24.2 Å². The molecule has 0 heterocycles. The van der Waals surface area contributed by atoms with E-state index in [4.69, 9.17) is 5.73 Å². The smallest absolute Gasteiger partial charge is 0.319 e. The monoisotopic (exact) mass is 235 g/mol. The van der Waals surface area contributed by atoms with Crippen LogP contribution in [-0.2, 0) is 6.54 Å². The van der Waals surface area contributed by atoms with Crippen LogP contribution in [0.5, 0.6) is 0 Å². The summed E-state index contributed by atoms with van der Waals surface area (Å²) >= 11 is 0. The topological polar surface area (TPSA) is 49.6 Å². The molecule has 2 N–H and O–H groups in total. The Hall–Kier alpha value is -1.71. The number of nitrogen functional groups attached to an aromatic ring is 1. The van der Waals surface area contributed by atoms with Crippen LogP contribution in [0.1, 0.15) is 18.9 Å². The van der Waals surface area contributed by atoms with Gasteiger partial charge in [0.25, 0.3) is 0 Å². The van der Waals surface area contributed by atoms with Crippen molar-refractivity contribution in [1.82, 2.24) is 9.80 Å². The summed E-state index contributed by atoms with van der Waals surface area (Å²) in [6.07, 6.45) is 0.937. The molecule has 0 fully saturated rings. The second kappa shape index (κ2) is 6.13. The van der Waals surface area contributed by atoms with E-state index in [1.807, 2.05) is 29.2 Å². The van der Waals surface area contributed by atoms with E-state index >= 15 is 0 Å². The fourth-order valence-corrected chi connectivity index (χ4v) is 1.68. The van der Waals surface area contributed by atoms with Crippen LogP contribution >= 0.6 is 0 Å². The van der Waals surface area contributed by atoms with Crippen molar-refractivity contribution >= 4 is 11.7 Å². The van der Waals surface area contributed by atoms with Crippen molar-refractivity contribution in [3.8, 4) is 0 Å². The lowest BCUT2D eigenvalue weighted by Gasteiger charge is -2.26. The fraction of sp³-hybridized carbons (Fsp3) is 0.462. The van der Waals surface area contributed by atoms with E-state index in [9.17, 15) is 4.79 Å². The van der Waals surface area contributed by atoms with Gasteiger partial charge in [0.2, 0.25) is 0 Å². The first-order valence-corrected chi connectivity index (χ1v) is 5.85. The Morgan fingerprint density at radius 1 is 1.29 bits per heavy atom. The fourth-order valence-electron chi connectivity index (χ4n) is 1.68. The van der Waals surface area contributed by atoms with Gasteiger partial charge in [-0.3, -0.25) is 0 Å². The first-order valence-electron chi connectivity index (χ1n) is 5.85. The molecule has 0 saturated heterocycles. The predicted octanol–water partition coefficient (Wildman–Crippen LogP) is 2.16. The zero-order valence-corrected chi connectivity index (χ0v) is 10.8. The molecule has 0 aliphatic heterocycles. The van der Waals surface area contributed by atoms with Crippen LogP contribution in [0.3, 0.4) is 0 Å². The van der Waals surface area contributed by atoms with E-state index in [1.54, 1.807) is 19.0 Å². The highest BCUT2D eigenvalue weighted by Crippen LogP contribution is 2.14. The maximum absolute atomic E-state index is 12.0. The normalized spacial score (nSPS) is 10.1. The maximum atomic E-state index is 12.0. The van der Waals surface area contributed by atoms with Crippen molar-refractivity contribution in [3.63, 3.8) is 0 Å². The van der Waals surface area contributed by atoms with Gasteiger partial charge in [-0.15, -0.1) is 0 Å². The van der Waals surface area contributed by atoms with E-state index in [0.29, 0.717) is 6.54 Å². The van der Waals surface area contributed by atoms with Crippen LogP contribution < -0.4 is 5.73 Å². The molecule has 0 spiro atoms. The van der Waals surface area contributed by atoms with E-state index in [1.165, 1.54) is 0 Å². The lowest BCUT2D eigenvalue weighted by molar-refractivity contribution is 0.168. The van der Waals surface area contributed by atoms with Crippen molar-refractivity contribution in [1.29, 1.82) is 0 Å². The molecule has 0 radical (unpaired) electrons. The minimum Gasteiger partial charge on any atom is -0.398 e. The Morgan fingerprint density at radius 3 is 2.47 bits per heavy atom. The highest BCUT2D eigenvalue weighted by Gasteiger charge is 2.15. The van der Waals surface area contributed by atoms with Gasteiger partial charge < -0.3 is 15.5 Å². The molecule has 4 heteroatoms. The Morgan fingerprint density at radius 2 is 1.94 bits per heavy atom. The van der Waals surface area contributed by atoms with E-state index < -0.39 is 0 Å². The number of benzene rings is 1. The molecule has 17 heavy (non-hydrogen) atoms. The third-order valence-corrected chi connectivity index (χ3v) is 2.56. The summed E-state index contributed by atoms with van der Waals surface area (Å²) in [6.45, 7) is 3.37. The molecular formula is C13H21N3O. The average molecular weight is 235 g/mol. The van der Waals surface area contributed by atoms with Gasteiger partial charge in [0.1, 0.15) is 0 Å². The molecule has 94 valence electrons. The van der Waals surface area contributed by atoms with Crippen molar-refractivity contribution in [2.75, 3.05) is 26.4 Å². The van der Waals surface area contributed by atoms with Crippen LogP contribution in [0.2, 0.25) is 0 Å². The summed E-state index contributed by atoms with van der Waals surface area (Å²) in [5.74, 6) is 0. The van der Waals surface area contributed by atoms with Gasteiger partial charge in [0, 0.05) is 32.9 Å². The van der Waals surface area contributed by atoms with Crippen LogP contribution in [-0.4, -0.2) is 36.5 Å². The lowest BCUT2D eigenvalue weighted by Crippen LogP contribution is -2.39. The molecule has 0 aromatic heterocycles. The predicted molar refractivity (Wildman–Crippen MR) is 70.6 cm³/mol. The second-order valence-electron chi connectivity index (χ2n) is 4.30. The van der Waals surface area contributed by atoms with Gasteiger partial charge >= 0.3 is 6.03 Å². The highest BCUT2D eigenvalue weighted by atomic mass is 16.2. The van der Waals surface area contributed by atoms with Gasteiger partial charge in [0.05, 0.1) is 0 Å². The Labute approximate surface area is 103 Å². The molecule has 0 aliphatic carbocycles. The molecule has 0 unspecified atom stereocenters. The Kier molecular flexibility index (Phi) is 4.82. The number of anilines is 1. The number of rotatable bonds is 4. The number of nitrogens with two attached hydrogens (primary N) is 1. The Balaban J connectivity index is 2.80. The van der Waals surface area contributed by atoms with Crippen LogP contribution in [0.15, 0.2) is 24.3 Å². The SMILES string of the molecule is CCCN(Cc1ccccc1N)C(=O)N(C)C. The standard InChI is InChI=1S/C13H21N3O/c1-4-9-16(13(17)15(2)3)10-11-7-5-6-8-12(11)14/h5-8H,4,9-10,14H2,1-3H3. The lowest BCUT2D eigenvalue weighted by atomic mass is 10.1. The minimum absolute atomic E-state index is 0.0232. The first-order chi connectivity index (χ1) is 8.06. The molecule has 4 nitrogen and oxygen atoms in total. The number of nitrogens with zero attached hydrogens (tertiary/aromatic N) is 2. The first kappa shape index (κ1) is 13.4. The number of hydrogen-bond donors (Lipinski definition) is 1. The molecule has 0 bridgehead atoms. The number of hydrogen-bond acceptors (Lipinski definition) is 2. The number of amides is 2. The molecule has 1 rings (SSSR count). The molecule has 0 aliphatic rings. The number of urea groups is 1. The molecule has 0 saturated carbocycles. The van der Waals surface area contributed by atoms with E-state index in [-0.39, 0.29) is 6.03 Å². The molecular weight excluding hydrogens is 214 g/mol. The second-order valence-corrected chi connectivity index (χ2v) is 4.30. The van der Waals surface area contributed by atoms with Gasteiger partial charge in [-0.25, -0.2) is 4.79 Å². The molecule has 1 aromatic carbocycles. The van der Waals surface area contributed by atoms with Gasteiger partial charge in [-0.05, 0) is 18.1 Å². The number of para-hydroxylation sites is 1. The van der Waals surface area contributed by atoms with Gasteiger partial charge in [-0.1, -0.05) is 25.1 Å². The summed E-state index contributed by atoms with van der Waals surface area (Å²) in [5, 5.41) is 0. The van der Waals surface area contributed by atoms with Gasteiger partial charge in [-0.2, -0.15) is 0 Å². The van der Waals surface area contributed by atoms with Crippen LogP contribution in [0.25, 0.3) is 0 Å². The third kappa shape index (κ3) is 3.66. The molecule has 0 atom stereocenters.